The smallest absolute Gasteiger partial charge is 0.271 e. The van der Waals surface area contributed by atoms with Gasteiger partial charge in [-0.15, -0.1) is 10.2 Å². The van der Waals surface area contributed by atoms with Crippen LogP contribution < -0.4 is 15.0 Å². The van der Waals surface area contributed by atoms with E-state index in [4.69, 9.17) is 4.74 Å². The number of ether oxygens (including phenoxy) is 1. The Kier molecular flexibility index (Phi) is 4.88. The Balaban J connectivity index is 1.64. The van der Waals surface area contributed by atoms with Gasteiger partial charge in [-0.1, -0.05) is 0 Å². The normalized spacial score (nSPS) is 16.9. The van der Waals surface area contributed by atoms with Crippen molar-refractivity contribution < 1.29 is 13.9 Å². The molecule has 1 aliphatic rings. The van der Waals surface area contributed by atoms with Crippen molar-refractivity contribution in [1.82, 2.24) is 15.5 Å². The van der Waals surface area contributed by atoms with Crippen molar-refractivity contribution in [2.24, 2.45) is 0 Å². The third kappa shape index (κ3) is 3.61. The van der Waals surface area contributed by atoms with Gasteiger partial charge in [0.05, 0.1) is 6.04 Å². The van der Waals surface area contributed by atoms with Gasteiger partial charge in [-0.3, -0.25) is 4.79 Å². The van der Waals surface area contributed by atoms with E-state index in [1.54, 1.807) is 31.3 Å². The van der Waals surface area contributed by atoms with E-state index >= 15 is 0 Å². The van der Waals surface area contributed by atoms with E-state index in [0.29, 0.717) is 18.1 Å². The number of nitrogens with zero attached hydrogens (tertiary/aromatic N) is 3. The average molecular weight is 330 g/mol. The van der Waals surface area contributed by atoms with Crippen molar-refractivity contribution in [3.05, 3.63) is 47.9 Å². The first-order chi connectivity index (χ1) is 11.7. The standard InChI is InChI=1S/C17H19FN4O2/c1-19-17(23)15-8-9-16(21-20-15)22-10-2-3-13(22)11-24-14-6-4-12(18)5-7-14/h4-9,13H,2-3,10-11H2,1H3,(H,19,23). The number of amides is 1. The monoisotopic (exact) mass is 330 g/mol. The summed E-state index contributed by atoms with van der Waals surface area (Å²) in [7, 11) is 1.56. The maximum absolute atomic E-state index is 12.9. The van der Waals surface area contributed by atoms with Crippen LogP contribution in [-0.2, 0) is 0 Å². The van der Waals surface area contributed by atoms with Gasteiger partial charge in [0.15, 0.2) is 11.5 Å². The zero-order chi connectivity index (χ0) is 16.9. The number of hydrogen-bond donors (Lipinski definition) is 1. The van der Waals surface area contributed by atoms with Crippen LogP contribution in [0.1, 0.15) is 23.3 Å². The van der Waals surface area contributed by atoms with E-state index in [2.05, 4.69) is 20.4 Å². The minimum Gasteiger partial charge on any atom is -0.491 e. The predicted molar refractivity (Wildman–Crippen MR) is 87.7 cm³/mol. The van der Waals surface area contributed by atoms with E-state index in [-0.39, 0.29) is 17.8 Å². The highest BCUT2D eigenvalue weighted by Gasteiger charge is 2.26. The lowest BCUT2D eigenvalue weighted by Crippen LogP contribution is -2.35. The van der Waals surface area contributed by atoms with Gasteiger partial charge in [-0.05, 0) is 49.2 Å². The van der Waals surface area contributed by atoms with Gasteiger partial charge >= 0.3 is 0 Å². The van der Waals surface area contributed by atoms with Gasteiger partial charge in [0.1, 0.15) is 18.2 Å². The molecule has 7 heteroatoms. The van der Waals surface area contributed by atoms with Crippen LogP contribution >= 0.6 is 0 Å². The molecule has 0 radical (unpaired) electrons. The summed E-state index contributed by atoms with van der Waals surface area (Å²) in [6.07, 6.45) is 2.02. The average Bonchev–Trinajstić information content (AvgIpc) is 3.09. The van der Waals surface area contributed by atoms with Crippen LogP contribution in [0.3, 0.4) is 0 Å². The molecule has 0 saturated carbocycles. The Bertz CT molecular complexity index is 691. The largest absolute Gasteiger partial charge is 0.491 e. The summed E-state index contributed by atoms with van der Waals surface area (Å²) >= 11 is 0. The third-order valence-electron chi connectivity index (χ3n) is 4.04. The second-order valence-corrected chi connectivity index (χ2v) is 5.61. The molecular weight excluding hydrogens is 311 g/mol. The van der Waals surface area contributed by atoms with Crippen LogP contribution in [0.2, 0.25) is 0 Å². The number of rotatable bonds is 5. The lowest BCUT2D eigenvalue weighted by atomic mass is 10.2. The quantitative estimate of drug-likeness (QED) is 0.908. The summed E-state index contributed by atoms with van der Waals surface area (Å²) in [5.41, 5.74) is 0.291. The summed E-state index contributed by atoms with van der Waals surface area (Å²) in [5.74, 6) is 0.833. The van der Waals surface area contributed by atoms with E-state index in [1.165, 1.54) is 12.1 Å². The van der Waals surface area contributed by atoms with Crippen molar-refractivity contribution >= 4 is 11.7 Å². The van der Waals surface area contributed by atoms with Gasteiger partial charge in [0.25, 0.3) is 5.91 Å². The van der Waals surface area contributed by atoms with Gasteiger partial charge in [-0.2, -0.15) is 0 Å². The zero-order valence-corrected chi connectivity index (χ0v) is 13.4. The molecule has 1 saturated heterocycles. The summed E-state index contributed by atoms with van der Waals surface area (Å²) in [6, 6.07) is 9.63. The summed E-state index contributed by atoms with van der Waals surface area (Å²) in [6.45, 7) is 1.36. The number of halogens is 1. The van der Waals surface area contributed by atoms with E-state index in [1.807, 2.05) is 0 Å². The molecule has 24 heavy (non-hydrogen) atoms. The molecule has 3 rings (SSSR count). The van der Waals surface area contributed by atoms with Gasteiger partial charge in [-0.25, -0.2) is 4.39 Å². The maximum atomic E-state index is 12.9. The number of nitrogens with one attached hydrogen (secondary N) is 1. The fourth-order valence-electron chi connectivity index (χ4n) is 2.76. The minimum absolute atomic E-state index is 0.176. The van der Waals surface area contributed by atoms with Gasteiger partial charge in [0.2, 0.25) is 0 Å². The molecule has 1 fully saturated rings. The predicted octanol–water partition coefficient (Wildman–Crippen LogP) is 2.02. The fourth-order valence-corrected chi connectivity index (χ4v) is 2.76. The van der Waals surface area contributed by atoms with Crippen LogP contribution in [0.4, 0.5) is 10.2 Å². The third-order valence-corrected chi connectivity index (χ3v) is 4.04. The Labute approximate surface area is 139 Å². The SMILES string of the molecule is CNC(=O)c1ccc(N2CCCC2COc2ccc(F)cc2)nn1. The van der Waals surface area contributed by atoms with Crippen molar-refractivity contribution in [2.45, 2.75) is 18.9 Å². The molecule has 2 heterocycles. The lowest BCUT2D eigenvalue weighted by molar-refractivity contribution is 0.0957. The Morgan fingerprint density at radius 2 is 2.08 bits per heavy atom. The Hall–Kier alpha value is -2.70. The Morgan fingerprint density at radius 3 is 2.75 bits per heavy atom. The van der Waals surface area contributed by atoms with Crippen molar-refractivity contribution in [2.75, 3.05) is 25.1 Å². The molecule has 0 bridgehead atoms. The van der Waals surface area contributed by atoms with Gasteiger partial charge in [0, 0.05) is 13.6 Å². The number of anilines is 1. The highest BCUT2D eigenvalue weighted by atomic mass is 19.1. The molecule has 1 aliphatic heterocycles. The molecule has 1 unspecified atom stereocenters. The summed E-state index contributed by atoms with van der Waals surface area (Å²) < 4.78 is 18.7. The fraction of sp³-hybridized carbons (Fsp3) is 0.353. The molecule has 2 aromatic rings. The summed E-state index contributed by atoms with van der Waals surface area (Å²) in [5, 5.41) is 10.6. The summed E-state index contributed by atoms with van der Waals surface area (Å²) in [4.78, 5) is 13.6. The van der Waals surface area contributed by atoms with Crippen LogP contribution in [0.15, 0.2) is 36.4 Å². The van der Waals surface area contributed by atoms with E-state index in [0.717, 1.165) is 25.2 Å². The molecule has 1 amide bonds. The van der Waals surface area contributed by atoms with Crippen molar-refractivity contribution in [3.63, 3.8) is 0 Å². The molecule has 6 nitrogen and oxygen atoms in total. The van der Waals surface area contributed by atoms with Crippen LogP contribution in [-0.4, -0.2) is 42.3 Å². The second-order valence-electron chi connectivity index (χ2n) is 5.61. The molecule has 1 N–H and O–H groups in total. The first-order valence-electron chi connectivity index (χ1n) is 7.88. The molecular formula is C17H19FN4O2. The molecule has 126 valence electrons. The molecule has 1 aromatic carbocycles. The van der Waals surface area contributed by atoms with Crippen LogP contribution in [0, 0.1) is 5.82 Å². The second kappa shape index (κ2) is 7.25. The molecule has 1 aromatic heterocycles. The topological polar surface area (TPSA) is 67.4 Å². The number of carbonyl (C=O) groups is 1. The highest BCUT2D eigenvalue weighted by Crippen LogP contribution is 2.24. The van der Waals surface area contributed by atoms with E-state index in [9.17, 15) is 9.18 Å². The number of carbonyl (C=O) groups excluding carboxylic acids is 1. The zero-order valence-electron chi connectivity index (χ0n) is 13.4. The van der Waals surface area contributed by atoms with Crippen molar-refractivity contribution in [1.29, 1.82) is 0 Å². The molecule has 0 spiro atoms. The molecule has 0 aliphatic carbocycles. The lowest BCUT2D eigenvalue weighted by Gasteiger charge is -2.25. The number of hydrogen-bond acceptors (Lipinski definition) is 5. The van der Waals surface area contributed by atoms with Crippen molar-refractivity contribution in [3.8, 4) is 5.75 Å². The van der Waals surface area contributed by atoms with Crippen LogP contribution in [0.25, 0.3) is 0 Å². The number of benzene rings is 1. The maximum Gasteiger partial charge on any atom is 0.271 e. The number of aromatic nitrogens is 2. The first kappa shape index (κ1) is 16.2. The molecule has 1 atom stereocenters. The Morgan fingerprint density at radius 1 is 1.29 bits per heavy atom. The van der Waals surface area contributed by atoms with Crippen LogP contribution in [0.5, 0.6) is 5.75 Å². The van der Waals surface area contributed by atoms with E-state index < -0.39 is 0 Å². The van der Waals surface area contributed by atoms with Gasteiger partial charge < -0.3 is 15.0 Å². The minimum atomic E-state index is -0.281. The first-order valence-corrected chi connectivity index (χ1v) is 7.88. The highest BCUT2D eigenvalue weighted by molar-refractivity contribution is 5.91.